The Balaban J connectivity index is 0.000000120. The van der Waals surface area contributed by atoms with Crippen molar-refractivity contribution in [3.05, 3.63) is 0 Å². The molecule has 0 unspecified atom stereocenters. The molecule has 0 aromatic heterocycles. The molecule has 0 aromatic carbocycles. The normalized spacial score (nSPS) is 36.0. The average Bonchev–Trinajstić information content (AvgIpc) is 2.24. The minimum Gasteiger partial charge on any atom is -0.425 e. The third-order valence-electron chi connectivity index (χ3n) is 1.00. The molecule has 0 radical (unpaired) electrons. The molecule has 2 fully saturated rings. The quantitative estimate of drug-likeness (QED) is 0.411. The van der Waals surface area contributed by atoms with Gasteiger partial charge in [0.1, 0.15) is 0 Å². The molecule has 2 aliphatic rings. The smallest absolute Gasteiger partial charge is 0.286 e. The van der Waals surface area contributed by atoms with Crippen LogP contribution in [0, 0.1) is 0 Å². The van der Waals surface area contributed by atoms with Crippen LogP contribution in [0.15, 0.2) is 0 Å². The first-order valence-corrected chi connectivity index (χ1v) is 10.4. The van der Waals surface area contributed by atoms with Gasteiger partial charge in [-0.2, -0.15) is 0 Å². The van der Waals surface area contributed by atoms with Crippen LogP contribution < -0.4 is 0 Å². The first-order chi connectivity index (χ1) is 6.00. The highest BCUT2D eigenvalue weighted by Crippen LogP contribution is 1.79. The summed E-state index contributed by atoms with van der Waals surface area (Å²) in [6, 6.07) is 0. The fourth-order valence-electron chi connectivity index (χ4n) is 0.558. The van der Waals surface area contributed by atoms with Crippen LogP contribution in [-0.4, -0.2) is 60.0 Å². The molecule has 0 bridgehead atoms. The number of hydrogen-bond donors (Lipinski definition) is 0. The SMILES string of the molecule is O1[SiH2]O[SiH2]O[SiH2]1.O1[SiH2]O[SiH2]O[SiH2]1. The lowest BCUT2D eigenvalue weighted by Crippen LogP contribution is -2.23. The Morgan fingerprint density at radius 3 is 0.583 bits per heavy atom. The van der Waals surface area contributed by atoms with Gasteiger partial charge in [0.25, 0.3) is 60.0 Å². The third-order valence-corrected chi connectivity index (χ3v) is 9.00. The largest absolute Gasteiger partial charge is 0.425 e. The van der Waals surface area contributed by atoms with Crippen molar-refractivity contribution in [2.75, 3.05) is 0 Å². The second kappa shape index (κ2) is 8.65. The van der Waals surface area contributed by atoms with E-state index < -0.39 is 60.0 Å². The molecule has 12 heavy (non-hydrogen) atoms. The Bertz CT molecular complexity index is 55.0. The van der Waals surface area contributed by atoms with Gasteiger partial charge in [-0.05, 0) is 0 Å². The Morgan fingerprint density at radius 1 is 0.333 bits per heavy atom. The van der Waals surface area contributed by atoms with E-state index in [1.165, 1.54) is 0 Å². The molecular weight excluding hydrogens is 265 g/mol. The molecule has 2 rings (SSSR count). The monoisotopic (exact) mass is 276 g/mol. The Kier molecular flexibility index (Phi) is 8.03. The number of rotatable bonds is 0. The van der Waals surface area contributed by atoms with Crippen LogP contribution in [0.5, 0.6) is 0 Å². The van der Waals surface area contributed by atoms with Gasteiger partial charge in [-0.3, -0.25) is 0 Å². The maximum absolute atomic E-state index is 4.94. The minimum atomic E-state index is -0.493. The summed E-state index contributed by atoms with van der Waals surface area (Å²) in [5.74, 6) is 0. The van der Waals surface area contributed by atoms with E-state index in [0.29, 0.717) is 0 Å². The molecule has 2 heterocycles. The van der Waals surface area contributed by atoms with E-state index in [9.17, 15) is 0 Å². The van der Waals surface area contributed by atoms with E-state index >= 15 is 0 Å². The Morgan fingerprint density at radius 2 is 0.500 bits per heavy atom. The topological polar surface area (TPSA) is 55.4 Å². The van der Waals surface area contributed by atoms with Crippen molar-refractivity contribution in [3.63, 3.8) is 0 Å². The summed E-state index contributed by atoms with van der Waals surface area (Å²) < 4.78 is 29.6. The summed E-state index contributed by atoms with van der Waals surface area (Å²) in [4.78, 5) is 0. The van der Waals surface area contributed by atoms with Crippen LogP contribution in [-0.2, 0) is 24.7 Å². The second-order valence-corrected chi connectivity index (χ2v) is 13.1. The van der Waals surface area contributed by atoms with Crippen LogP contribution in [0.25, 0.3) is 0 Å². The van der Waals surface area contributed by atoms with Gasteiger partial charge >= 0.3 is 0 Å². The van der Waals surface area contributed by atoms with Crippen molar-refractivity contribution in [3.8, 4) is 0 Å². The van der Waals surface area contributed by atoms with Crippen molar-refractivity contribution in [2.24, 2.45) is 0 Å². The maximum atomic E-state index is 4.94. The van der Waals surface area contributed by atoms with Crippen molar-refractivity contribution in [1.82, 2.24) is 0 Å². The predicted octanol–water partition coefficient (Wildman–Crippen LogP) is -5.91. The molecule has 0 saturated carbocycles. The van der Waals surface area contributed by atoms with Crippen LogP contribution in [0.4, 0.5) is 0 Å². The highest BCUT2D eigenvalue weighted by atomic mass is 28.4. The first kappa shape index (κ1) is 11.1. The van der Waals surface area contributed by atoms with Gasteiger partial charge < -0.3 is 24.7 Å². The summed E-state index contributed by atoms with van der Waals surface area (Å²) in [6.45, 7) is 0. The zero-order valence-electron chi connectivity index (χ0n) is 6.69. The zero-order valence-corrected chi connectivity index (χ0v) is 15.2. The van der Waals surface area contributed by atoms with Gasteiger partial charge in [0.05, 0.1) is 0 Å². The van der Waals surface area contributed by atoms with E-state index in [-0.39, 0.29) is 0 Å². The molecule has 0 aromatic rings. The van der Waals surface area contributed by atoms with E-state index in [1.54, 1.807) is 0 Å². The molecule has 12 heteroatoms. The molecule has 72 valence electrons. The molecule has 6 nitrogen and oxygen atoms in total. The van der Waals surface area contributed by atoms with Crippen LogP contribution in [0.2, 0.25) is 0 Å². The molecule has 0 amide bonds. The molecule has 0 N–H and O–H groups in total. The molecule has 0 spiro atoms. The second-order valence-electron chi connectivity index (χ2n) is 1.93. The highest BCUT2D eigenvalue weighted by Gasteiger charge is 1.97. The van der Waals surface area contributed by atoms with Crippen LogP contribution >= 0.6 is 0 Å². The summed E-state index contributed by atoms with van der Waals surface area (Å²) in [6.07, 6.45) is 0. The van der Waals surface area contributed by atoms with Crippen molar-refractivity contribution >= 4 is 60.0 Å². The van der Waals surface area contributed by atoms with Gasteiger partial charge in [-0.1, -0.05) is 0 Å². The summed E-state index contributed by atoms with van der Waals surface area (Å²) >= 11 is 0. The van der Waals surface area contributed by atoms with E-state index in [4.69, 9.17) is 24.7 Å². The summed E-state index contributed by atoms with van der Waals surface area (Å²) in [5.41, 5.74) is 0. The highest BCUT2D eigenvalue weighted by molar-refractivity contribution is 6.50. The van der Waals surface area contributed by atoms with Gasteiger partial charge in [-0.15, -0.1) is 0 Å². The van der Waals surface area contributed by atoms with E-state index in [2.05, 4.69) is 0 Å². The van der Waals surface area contributed by atoms with Gasteiger partial charge in [0, 0.05) is 0 Å². The fraction of sp³-hybridized carbons (Fsp3) is 0. The summed E-state index contributed by atoms with van der Waals surface area (Å²) in [5, 5.41) is 0. The molecule has 0 atom stereocenters. The maximum Gasteiger partial charge on any atom is 0.286 e. The van der Waals surface area contributed by atoms with Crippen molar-refractivity contribution in [1.29, 1.82) is 0 Å². The minimum absolute atomic E-state index is 0.493. The van der Waals surface area contributed by atoms with E-state index in [0.717, 1.165) is 0 Å². The molecule has 2 aliphatic heterocycles. The lowest BCUT2D eigenvalue weighted by Gasteiger charge is -2.10. The van der Waals surface area contributed by atoms with Crippen molar-refractivity contribution < 1.29 is 24.7 Å². The lowest BCUT2D eigenvalue weighted by atomic mass is 15.7. The van der Waals surface area contributed by atoms with Crippen molar-refractivity contribution in [2.45, 2.75) is 0 Å². The lowest BCUT2D eigenvalue weighted by molar-refractivity contribution is 0.346. The Hall–Kier alpha value is 1.06. The predicted molar refractivity (Wildman–Crippen MR) is 57.8 cm³/mol. The zero-order chi connectivity index (χ0) is 8.49. The van der Waals surface area contributed by atoms with Gasteiger partial charge in [0.2, 0.25) is 0 Å². The number of hydrogen-bond acceptors (Lipinski definition) is 6. The molecule has 2 saturated heterocycles. The standard InChI is InChI=1S/2H6O3Si3/c2*1-4-2-6-3-5-1/h2*4-6H2. The van der Waals surface area contributed by atoms with E-state index in [1.807, 2.05) is 0 Å². The molecule has 0 aliphatic carbocycles. The fourth-order valence-corrected chi connectivity index (χ4v) is 11.4. The van der Waals surface area contributed by atoms with Gasteiger partial charge in [-0.25, -0.2) is 0 Å². The third kappa shape index (κ3) is 6.56. The van der Waals surface area contributed by atoms with Gasteiger partial charge in [0.15, 0.2) is 0 Å². The first-order valence-electron chi connectivity index (χ1n) is 3.46. The average molecular weight is 277 g/mol. The Labute approximate surface area is 85.0 Å². The van der Waals surface area contributed by atoms with Crippen LogP contribution in [0.1, 0.15) is 0 Å². The summed E-state index contributed by atoms with van der Waals surface area (Å²) in [7, 11) is -2.96. The molecular formula is H12O6Si6. The van der Waals surface area contributed by atoms with Crippen LogP contribution in [0.3, 0.4) is 0 Å².